The molecule has 0 fully saturated rings. The zero-order valence-corrected chi connectivity index (χ0v) is 13.9. The Balaban J connectivity index is 1.91. The molecule has 7 heteroatoms. The van der Waals surface area contributed by atoms with Crippen LogP contribution in [0.5, 0.6) is 0 Å². The number of hydrogen-bond acceptors (Lipinski definition) is 4. The summed E-state index contributed by atoms with van der Waals surface area (Å²) < 4.78 is 5.72. The topological polar surface area (TPSA) is 78.9 Å². The molecule has 3 aromatic rings. The Morgan fingerprint density at radius 3 is 2.67 bits per heavy atom. The smallest absolute Gasteiger partial charge is 0.251 e. The van der Waals surface area contributed by atoms with E-state index in [1.165, 1.54) is 0 Å². The Bertz CT molecular complexity index is 940. The van der Waals surface area contributed by atoms with Gasteiger partial charge in [0.25, 0.3) is 5.91 Å². The first-order valence-corrected chi connectivity index (χ1v) is 7.84. The molecular formula is C17H11Cl2N3O2. The second kappa shape index (κ2) is 6.91. The van der Waals surface area contributed by atoms with Crippen LogP contribution in [0, 0.1) is 11.3 Å². The maximum Gasteiger partial charge on any atom is 0.251 e. The van der Waals surface area contributed by atoms with Crippen LogP contribution >= 0.6 is 23.2 Å². The van der Waals surface area contributed by atoms with Crippen molar-refractivity contribution >= 4 is 40.2 Å². The summed E-state index contributed by atoms with van der Waals surface area (Å²) in [5.74, 6) is 0.104. The third-order valence-electron chi connectivity index (χ3n) is 3.28. The highest BCUT2D eigenvalue weighted by Gasteiger charge is 2.12. The molecule has 24 heavy (non-hydrogen) atoms. The van der Waals surface area contributed by atoms with E-state index < -0.39 is 0 Å². The first kappa shape index (κ1) is 16.3. The second-order valence-electron chi connectivity index (χ2n) is 5.02. The van der Waals surface area contributed by atoms with Gasteiger partial charge in [0.1, 0.15) is 5.52 Å². The Morgan fingerprint density at radius 1 is 1.21 bits per heavy atom. The summed E-state index contributed by atoms with van der Waals surface area (Å²) in [5.41, 5.74) is 2.19. The van der Waals surface area contributed by atoms with E-state index in [-0.39, 0.29) is 12.3 Å². The number of aromatic nitrogens is 1. The quantitative estimate of drug-likeness (QED) is 0.698. The lowest BCUT2D eigenvalue weighted by molar-refractivity contribution is 0.0954. The fraction of sp³-hybridized carbons (Fsp3) is 0.118. The summed E-state index contributed by atoms with van der Waals surface area (Å²) in [6.45, 7) is 0.302. The minimum Gasteiger partial charge on any atom is -0.436 e. The standard InChI is InChI=1S/C17H11Cl2N3O2/c18-12-6-11(7-13(19)9-12)17-22-14-3-2-10(8-15(14)24-17)16(23)21-5-1-4-20/h2-3,6-9H,1,5H2,(H,21,23). The summed E-state index contributed by atoms with van der Waals surface area (Å²) in [6.07, 6.45) is 0.260. The number of oxazole rings is 1. The summed E-state index contributed by atoms with van der Waals surface area (Å²) in [6, 6.07) is 12.0. The van der Waals surface area contributed by atoms with Gasteiger partial charge in [0.2, 0.25) is 5.89 Å². The molecule has 0 aliphatic heterocycles. The second-order valence-corrected chi connectivity index (χ2v) is 5.90. The largest absolute Gasteiger partial charge is 0.436 e. The number of halogens is 2. The minimum absolute atomic E-state index is 0.260. The lowest BCUT2D eigenvalue weighted by Crippen LogP contribution is -2.24. The van der Waals surface area contributed by atoms with Crippen LogP contribution in [0.15, 0.2) is 40.8 Å². The Labute approximate surface area is 147 Å². The van der Waals surface area contributed by atoms with Crippen molar-refractivity contribution in [2.75, 3.05) is 6.54 Å². The lowest BCUT2D eigenvalue weighted by Gasteiger charge is -2.01. The van der Waals surface area contributed by atoms with Gasteiger partial charge in [-0.2, -0.15) is 5.26 Å². The van der Waals surface area contributed by atoms with E-state index in [0.717, 1.165) is 0 Å². The number of hydrogen-bond donors (Lipinski definition) is 1. The van der Waals surface area contributed by atoms with E-state index in [1.807, 2.05) is 6.07 Å². The van der Waals surface area contributed by atoms with Crippen molar-refractivity contribution in [3.63, 3.8) is 0 Å². The molecule has 0 spiro atoms. The van der Waals surface area contributed by atoms with Gasteiger partial charge in [-0.25, -0.2) is 4.98 Å². The van der Waals surface area contributed by atoms with E-state index in [4.69, 9.17) is 32.9 Å². The molecule has 0 unspecified atom stereocenters. The van der Waals surface area contributed by atoms with Crippen molar-refractivity contribution in [1.29, 1.82) is 5.26 Å². The molecule has 1 amide bonds. The third-order valence-corrected chi connectivity index (χ3v) is 3.72. The molecule has 1 N–H and O–H groups in total. The van der Waals surface area contributed by atoms with Gasteiger partial charge in [0.05, 0.1) is 12.5 Å². The SMILES string of the molecule is N#CCCNC(=O)c1ccc2nc(-c3cc(Cl)cc(Cl)c3)oc2c1. The van der Waals surface area contributed by atoms with Crippen LogP contribution in [0.2, 0.25) is 10.0 Å². The first-order valence-electron chi connectivity index (χ1n) is 7.09. The first-order chi connectivity index (χ1) is 11.6. The van der Waals surface area contributed by atoms with Crippen molar-refractivity contribution in [2.24, 2.45) is 0 Å². The summed E-state index contributed by atoms with van der Waals surface area (Å²) >= 11 is 12.0. The average molecular weight is 360 g/mol. The predicted molar refractivity (Wildman–Crippen MR) is 92.0 cm³/mol. The molecule has 0 aliphatic carbocycles. The maximum atomic E-state index is 12.0. The van der Waals surface area contributed by atoms with Gasteiger partial charge in [0.15, 0.2) is 5.58 Å². The van der Waals surface area contributed by atoms with E-state index in [2.05, 4.69) is 10.3 Å². The van der Waals surface area contributed by atoms with Crippen LogP contribution in [-0.4, -0.2) is 17.4 Å². The van der Waals surface area contributed by atoms with Crippen LogP contribution in [0.4, 0.5) is 0 Å². The normalized spacial score (nSPS) is 10.5. The summed E-state index contributed by atoms with van der Waals surface area (Å²) in [4.78, 5) is 16.4. The predicted octanol–water partition coefficient (Wildman–Crippen LogP) is 4.45. The number of benzene rings is 2. The van der Waals surface area contributed by atoms with Gasteiger partial charge in [-0.15, -0.1) is 0 Å². The number of carbonyl (C=O) groups is 1. The lowest BCUT2D eigenvalue weighted by atomic mass is 10.2. The monoisotopic (exact) mass is 359 g/mol. The molecule has 3 rings (SSSR count). The highest BCUT2D eigenvalue weighted by Crippen LogP contribution is 2.29. The number of fused-ring (bicyclic) bond motifs is 1. The molecule has 0 bridgehead atoms. The maximum absolute atomic E-state index is 12.0. The molecule has 0 saturated carbocycles. The number of nitrogens with one attached hydrogen (secondary N) is 1. The number of nitriles is 1. The van der Waals surface area contributed by atoms with Crippen LogP contribution in [0.3, 0.4) is 0 Å². The highest BCUT2D eigenvalue weighted by atomic mass is 35.5. The van der Waals surface area contributed by atoms with Gasteiger partial charge in [-0.05, 0) is 36.4 Å². The Kier molecular flexibility index (Phi) is 4.70. The molecule has 5 nitrogen and oxygen atoms in total. The minimum atomic E-state index is -0.268. The van der Waals surface area contributed by atoms with Crippen LogP contribution in [0.25, 0.3) is 22.6 Å². The Hall–Kier alpha value is -2.55. The van der Waals surface area contributed by atoms with Crippen molar-refractivity contribution in [1.82, 2.24) is 10.3 Å². The van der Waals surface area contributed by atoms with Crippen molar-refractivity contribution in [3.8, 4) is 17.5 Å². The zero-order valence-electron chi connectivity index (χ0n) is 12.3. The third kappa shape index (κ3) is 3.51. The van der Waals surface area contributed by atoms with E-state index in [0.29, 0.717) is 44.7 Å². The van der Waals surface area contributed by atoms with Crippen LogP contribution in [-0.2, 0) is 0 Å². The number of carbonyl (C=O) groups excluding carboxylic acids is 1. The van der Waals surface area contributed by atoms with Crippen LogP contribution in [0.1, 0.15) is 16.8 Å². The molecule has 0 radical (unpaired) electrons. The highest BCUT2D eigenvalue weighted by molar-refractivity contribution is 6.35. The van der Waals surface area contributed by atoms with Crippen molar-refractivity contribution in [3.05, 3.63) is 52.0 Å². The van der Waals surface area contributed by atoms with Gasteiger partial charge < -0.3 is 9.73 Å². The van der Waals surface area contributed by atoms with E-state index in [9.17, 15) is 4.79 Å². The van der Waals surface area contributed by atoms with Crippen molar-refractivity contribution < 1.29 is 9.21 Å². The van der Waals surface area contributed by atoms with Gasteiger partial charge in [0, 0.05) is 27.7 Å². The van der Waals surface area contributed by atoms with E-state index in [1.54, 1.807) is 36.4 Å². The van der Waals surface area contributed by atoms with Gasteiger partial charge >= 0.3 is 0 Å². The fourth-order valence-corrected chi connectivity index (χ4v) is 2.73. The Morgan fingerprint density at radius 2 is 1.96 bits per heavy atom. The zero-order chi connectivity index (χ0) is 17.1. The van der Waals surface area contributed by atoms with Gasteiger partial charge in [-0.1, -0.05) is 23.2 Å². The summed E-state index contributed by atoms with van der Waals surface area (Å²) in [5, 5.41) is 12.1. The molecule has 2 aromatic carbocycles. The molecule has 1 aromatic heterocycles. The van der Waals surface area contributed by atoms with Crippen LogP contribution < -0.4 is 5.32 Å². The fourth-order valence-electron chi connectivity index (χ4n) is 2.20. The molecule has 0 saturated heterocycles. The molecule has 1 heterocycles. The molecular weight excluding hydrogens is 349 g/mol. The molecule has 0 aliphatic rings. The number of amides is 1. The number of rotatable bonds is 4. The number of nitrogens with zero attached hydrogens (tertiary/aromatic N) is 2. The van der Waals surface area contributed by atoms with Crippen molar-refractivity contribution in [2.45, 2.75) is 6.42 Å². The van der Waals surface area contributed by atoms with E-state index >= 15 is 0 Å². The molecule has 0 atom stereocenters. The van der Waals surface area contributed by atoms with Gasteiger partial charge in [-0.3, -0.25) is 4.79 Å². The average Bonchev–Trinajstić information content (AvgIpc) is 2.97. The summed E-state index contributed by atoms with van der Waals surface area (Å²) in [7, 11) is 0. The molecule has 120 valence electrons.